The number of esters is 2. The van der Waals surface area contributed by atoms with Gasteiger partial charge in [0.05, 0.1) is 43.1 Å². The molecular formula is C50H67N5O9. The van der Waals surface area contributed by atoms with E-state index in [9.17, 15) is 19.2 Å². The van der Waals surface area contributed by atoms with Gasteiger partial charge in [0.15, 0.2) is 0 Å². The maximum atomic E-state index is 12.7. The molecule has 6 rings (SSSR count). The van der Waals surface area contributed by atoms with E-state index in [2.05, 4.69) is 76.9 Å². The van der Waals surface area contributed by atoms with Crippen LogP contribution < -0.4 is 15.1 Å². The summed E-state index contributed by atoms with van der Waals surface area (Å²) in [7, 11) is 3.04. The van der Waals surface area contributed by atoms with E-state index in [0.717, 1.165) is 89.4 Å². The number of pyridine rings is 1. The Morgan fingerprint density at radius 2 is 1.69 bits per heavy atom. The normalized spacial score (nSPS) is 17.4. The fraction of sp³-hybridized carbons (Fsp3) is 0.540. The molecule has 0 spiro atoms. The van der Waals surface area contributed by atoms with Gasteiger partial charge in [-0.2, -0.15) is 0 Å². The standard InChI is InChI=1S/C50H67N5O9/c1-11-55-44-18-16-36(39-24-35(39)15-17-43(47(58)61-10)52-48(59)64-49(4,5)6)25-40(44)42(27-50(7,8)30-63-33(3)57)46(55)41-26-38(28-51-45(41)32(2)60-9)54-21-19-53(20-22-54)37-14-12-13-34(23-37)29-62-31-56/h12-14,16,18,23,25-26,28,31-32,35,39,43H,11,15,17,19-22,24,27,29-30H2,1-10H3,(H,52,59)/t32-,35+,39+,43-/m0/s1. The van der Waals surface area contributed by atoms with Gasteiger partial charge in [-0.05, 0) is 119 Å². The van der Waals surface area contributed by atoms with Crippen molar-refractivity contribution in [2.45, 2.75) is 118 Å². The zero-order chi connectivity index (χ0) is 46.3. The summed E-state index contributed by atoms with van der Waals surface area (Å²) in [4.78, 5) is 58.1. The summed E-state index contributed by atoms with van der Waals surface area (Å²) in [6, 6.07) is 16.4. The number of alkyl carbamates (subject to hydrolysis) is 1. The van der Waals surface area contributed by atoms with Crippen molar-refractivity contribution in [3.8, 4) is 11.3 Å². The molecule has 1 aliphatic heterocycles. The zero-order valence-electron chi connectivity index (χ0n) is 39.3. The number of methoxy groups -OCH3 is 2. The lowest BCUT2D eigenvalue weighted by Gasteiger charge is -2.37. The minimum atomic E-state index is -0.805. The number of benzene rings is 2. The van der Waals surface area contributed by atoms with Crippen LogP contribution in [-0.2, 0) is 57.6 Å². The van der Waals surface area contributed by atoms with Crippen molar-refractivity contribution in [3.63, 3.8) is 0 Å². The maximum Gasteiger partial charge on any atom is 0.408 e. The van der Waals surface area contributed by atoms with E-state index in [4.69, 9.17) is 28.7 Å². The highest BCUT2D eigenvalue weighted by Crippen LogP contribution is 2.52. The minimum Gasteiger partial charge on any atom is -0.467 e. The first kappa shape index (κ1) is 47.8. The van der Waals surface area contributed by atoms with E-state index in [1.165, 1.54) is 19.6 Å². The highest BCUT2D eigenvalue weighted by atomic mass is 16.6. The van der Waals surface area contributed by atoms with E-state index in [1.807, 2.05) is 25.3 Å². The number of carbonyl (C=O) groups excluding carboxylic acids is 4. The summed E-state index contributed by atoms with van der Waals surface area (Å²) >= 11 is 0. The van der Waals surface area contributed by atoms with E-state index in [-0.39, 0.29) is 25.3 Å². The van der Waals surface area contributed by atoms with Crippen LogP contribution in [0.2, 0.25) is 0 Å². The van der Waals surface area contributed by atoms with Crippen LogP contribution in [0.25, 0.3) is 22.2 Å². The molecule has 1 amide bonds. The summed E-state index contributed by atoms with van der Waals surface area (Å²) in [5, 5.41) is 3.86. The second-order valence-electron chi connectivity index (χ2n) is 18.9. The summed E-state index contributed by atoms with van der Waals surface area (Å²) < 4.78 is 29.5. The average Bonchev–Trinajstić information content (AvgIpc) is 3.99. The molecule has 1 saturated heterocycles. The van der Waals surface area contributed by atoms with Gasteiger partial charge in [0.1, 0.15) is 18.2 Å². The monoisotopic (exact) mass is 881 g/mol. The predicted octanol–water partition coefficient (Wildman–Crippen LogP) is 8.51. The van der Waals surface area contributed by atoms with Crippen molar-refractivity contribution in [2.24, 2.45) is 11.3 Å². The van der Waals surface area contributed by atoms with Crippen molar-refractivity contribution in [1.29, 1.82) is 0 Å². The number of nitrogens with one attached hydrogen (secondary N) is 1. The number of aryl methyl sites for hydroxylation is 1. The van der Waals surface area contributed by atoms with Gasteiger partial charge in [-0.15, -0.1) is 0 Å². The smallest absolute Gasteiger partial charge is 0.408 e. The second kappa shape index (κ2) is 20.5. The van der Waals surface area contributed by atoms with Crippen molar-refractivity contribution >= 4 is 46.8 Å². The Bertz CT molecular complexity index is 2290. The van der Waals surface area contributed by atoms with Gasteiger partial charge < -0.3 is 43.4 Å². The van der Waals surface area contributed by atoms with Gasteiger partial charge in [-0.1, -0.05) is 32.0 Å². The number of fused-ring (bicyclic) bond motifs is 1. The number of ether oxygens (including phenoxy) is 5. The van der Waals surface area contributed by atoms with Gasteiger partial charge in [-0.25, -0.2) is 9.59 Å². The molecule has 14 nitrogen and oxygen atoms in total. The molecule has 3 heterocycles. The molecule has 0 bridgehead atoms. The lowest BCUT2D eigenvalue weighted by Crippen LogP contribution is -2.46. The molecule has 14 heteroatoms. The minimum absolute atomic E-state index is 0.243. The number of hydrogen-bond donors (Lipinski definition) is 1. The number of carbonyl (C=O) groups is 4. The largest absolute Gasteiger partial charge is 0.467 e. The Labute approximate surface area is 377 Å². The number of piperazine rings is 1. The molecule has 2 aliphatic rings. The third-order valence-corrected chi connectivity index (χ3v) is 12.3. The predicted molar refractivity (Wildman–Crippen MR) is 247 cm³/mol. The first-order chi connectivity index (χ1) is 30.4. The van der Waals surface area contributed by atoms with E-state index < -0.39 is 29.1 Å². The van der Waals surface area contributed by atoms with Crippen LogP contribution in [0.1, 0.15) is 109 Å². The van der Waals surface area contributed by atoms with Crippen LogP contribution in [-0.4, -0.2) is 92.7 Å². The summed E-state index contributed by atoms with van der Waals surface area (Å²) in [5.74, 6) is -0.182. The lowest BCUT2D eigenvalue weighted by atomic mass is 9.84. The Hall–Kier alpha value is -5.63. The number of aromatic nitrogens is 2. The molecule has 1 aliphatic carbocycles. The van der Waals surface area contributed by atoms with Crippen molar-refractivity contribution in [1.82, 2.24) is 14.9 Å². The van der Waals surface area contributed by atoms with Crippen LogP contribution in [0.3, 0.4) is 0 Å². The number of anilines is 2. The average molecular weight is 882 g/mol. The number of amides is 1. The molecule has 64 heavy (non-hydrogen) atoms. The first-order valence-electron chi connectivity index (χ1n) is 22.5. The summed E-state index contributed by atoms with van der Waals surface area (Å²) in [6.45, 7) is 20.1. The fourth-order valence-corrected chi connectivity index (χ4v) is 8.97. The Morgan fingerprint density at radius 1 is 0.969 bits per heavy atom. The van der Waals surface area contributed by atoms with Crippen molar-refractivity contribution in [2.75, 3.05) is 56.8 Å². The summed E-state index contributed by atoms with van der Waals surface area (Å²) in [5.41, 5.74) is 8.40. The molecule has 1 saturated carbocycles. The van der Waals surface area contributed by atoms with Gasteiger partial charge in [0.25, 0.3) is 6.47 Å². The van der Waals surface area contributed by atoms with Crippen LogP contribution >= 0.6 is 0 Å². The van der Waals surface area contributed by atoms with Crippen molar-refractivity contribution in [3.05, 3.63) is 77.1 Å². The van der Waals surface area contributed by atoms with Crippen molar-refractivity contribution < 1.29 is 42.9 Å². The first-order valence-corrected chi connectivity index (χ1v) is 22.5. The topological polar surface area (TPSA) is 151 Å². The van der Waals surface area contributed by atoms with Gasteiger partial charge >= 0.3 is 18.0 Å². The zero-order valence-corrected chi connectivity index (χ0v) is 39.3. The third-order valence-electron chi connectivity index (χ3n) is 12.3. The van der Waals surface area contributed by atoms with Crippen LogP contribution in [0.4, 0.5) is 16.2 Å². The Balaban J connectivity index is 1.34. The number of nitrogens with zero attached hydrogens (tertiary/aromatic N) is 4. The number of rotatable bonds is 19. The second-order valence-corrected chi connectivity index (χ2v) is 18.9. The van der Waals surface area contributed by atoms with Crippen LogP contribution in [0, 0.1) is 11.3 Å². The Morgan fingerprint density at radius 3 is 2.33 bits per heavy atom. The van der Waals surface area contributed by atoms with Gasteiger partial charge in [-0.3, -0.25) is 14.6 Å². The van der Waals surface area contributed by atoms with Crippen LogP contribution in [0.15, 0.2) is 54.7 Å². The third kappa shape index (κ3) is 11.7. The molecule has 0 unspecified atom stereocenters. The molecule has 1 N–H and O–H groups in total. The highest BCUT2D eigenvalue weighted by molar-refractivity contribution is 5.93. The molecule has 4 atom stereocenters. The maximum absolute atomic E-state index is 12.7. The molecule has 2 aromatic carbocycles. The molecule has 4 aromatic rings. The molecular weight excluding hydrogens is 815 g/mol. The lowest BCUT2D eigenvalue weighted by molar-refractivity contribution is -0.144. The quantitative estimate of drug-likeness (QED) is 0.0546. The van der Waals surface area contributed by atoms with Crippen LogP contribution in [0.5, 0.6) is 0 Å². The number of hydrogen-bond acceptors (Lipinski definition) is 12. The molecule has 2 fully saturated rings. The summed E-state index contributed by atoms with van der Waals surface area (Å²) in [6.07, 6.45) is 3.80. The van der Waals surface area contributed by atoms with E-state index in [0.29, 0.717) is 37.7 Å². The van der Waals surface area contributed by atoms with Gasteiger partial charge in [0, 0.05) is 74.3 Å². The Kier molecular flexibility index (Phi) is 15.3. The highest BCUT2D eigenvalue weighted by Gasteiger charge is 2.40. The van der Waals surface area contributed by atoms with Gasteiger partial charge in [0.2, 0.25) is 0 Å². The SMILES string of the molecule is CCn1c(-c2cc(N3CCN(c4cccc(COC=O)c4)CC3)cnc2[C@H](C)OC)c(CC(C)(C)COC(C)=O)c2cc([C@@H]3C[C@H]3CC[C@H](NC(=O)OC(C)(C)C)C(=O)OC)ccc21. The molecule has 2 aromatic heterocycles. The molecule has 0 radical (unpaired) electrons. The fourth-order valence-electron chi connectivity index (χ4n) is 8.97. The van der Waals surface area contributed by atoms with E-state index >= 15 is 0 Å². The van der Waals surface area contributed by atoms with E-state index in [1.54, 1.807) is 27.9 Å². The molecule has 346 valence electrons.